The van der Waals surface area contributed by atoms with E-state index in [0.29, 0.717) is 57.6 Å². The molecule has 0 atom stereocenters. The van der Waals surface area contributed by atoms with E-state index in [1.165, 1.54) is 0 Å². The Balaban J connectivity index is 1.33. The van der Waals surface area contributed by atoms with E-state index in [4.69, 9.17) is 108 Å². The first-order valence-electron chi connectivity index (χ1n) is 29.6. The zero-order valence-electron chi connectivity index (χ0n) is 48.8. The van der Waals surface area contributed by atoms with Gasteiger partial charge in [-0.05, 0) is 62.6 Å². The van der Waals surface area contributed by atoms with Crippen LogP contribution in [-0.2, 0) is 6.61 Å². The van der Waals surface area contributed by atoms with Crippen LogP contribution in [0.3, 0.4) is 0 Å². The quantitative estimate of drug-likeness (QED) is 0.0340. The first-order valence-corrected chi connectivity index (χ1v) is 29.6. The maximum Gasteiger partial charge on any atom is 0.284 e. The molecule has 0 spiro atoms. The molecule has 0 saturated heterocycles. The van der Waals surface area contributed by atoms with Crippen LogP contribution in [0.25, 0.3) is 90.7 Å². The highest BCUT2D eigenvalue weighted by atomic mass is 16.5. The Kier molecular flexibility index (Phi) is 19.5. The lowest BCUT2D eigenvalue weighted by atomic mass is 10.2. The van der Waals surface area contributed by atoms with E-state index >= 15 is 0 Å². The highest BCUT2D eigenvalue weighted by Gasteiger charge is 2.31. The van der Waals surface area contributed by atoms with Gasteiger partial charge in [0.25, 0.3) is 47.0 Å². The molecule has 0 saturated carbocycles. The molecule has 8 aromatic rings. The molecule has 25 heteroatoms. The van der Waals surface area contributed by atoms with Crippen LogP contribution in [0.4, 0.5) is 0 Å². The number of aliphatic hydroxyl groups excluding tert-OH is 1. The van der Waals surface area contributed by atoms with Crippen molar-refractivity contribution in [1.29, 1.82) is 0 Å². The molecule has 1 aromatic carbocycles. The van der Waals surface area contributed by atoms with Crippen molar-refractivity contribution in [1.82, 2.24) is 79.7 Å². The molecule has 0 unspecified atom stereocenters. The summed E-state index contributed by atoms with van der Waals surface area (Å²) in [4.78, 5) is 78.2. The third kappa shape index (κ3) is 13.2. The van der Waals surface area contributed by atoms with Crippen LogP contribution in [0.2, 0.25) is 0 Å². The number of rotatable bonds is 31. The Morgan fingerprint density at radius 3 is 0.821 bits per heavy atom. The number of hydrogen-bond donors (Lipinski definition) is 3. The number of hydrogen-bond acceptors (Lipinski definition) is 23. The van der Waals surface area contributed by atoms with Crippen LogP contribution in [0, 0.1) is 0 Å². The van der Waals surface area contributed by atoms with E-state index < -0.39 is 0 Å². The van der Waals surface area contributed by atoms with Crippen molar-refractivity contribution in [3.05, 3.63) is 29.8 Å². The number of ether oxygens (including phenoxy) is 8. The van der Waals surface area contributed by atoms with Crippen LogP contribution in [0.15, 0.2) is 24.3 Å². The fourth-order valence-corrected chi connectivity index (χ4v) is 8.53. The standard InChI is InChI=1S/C59H72N16O9/c1-8-15-26-77-52-53(78-27-16-9-2)61-37-36(60-52)44-68-45(37)70-47-40-41(65-57(82-31-20-13-6)56(64-40)81-30-19-12-5)49(72-47)74-51-43-42(66-58(83-32-21-14-7)59(67-43)84-35-24-22-34(33-76)23-25-35)50(75-51)73-48-39-38(46(69-44)71-48)62-54(79-28-17-10-3)55(63-39)80-29-18-11-4/h22-25,76H,8-21,26-33H2,1-7H3,(H2,68,69,70,71,72,73,74,75). The largest absolute Gasteiger partial charge is 0.474 e. The fraction of sp³-hybridized carbons (Fsp3) is 0.492. The number of aromatic amines is 2. The molecule has 7 aromatic heterocycles. The van der Waals surface area contributed by atoms with Crippen LogP contribution in [0.5, 0.6) is 52.8 Å². The van der Waals surface area contributed by atoms with Gasteiger partial charge in [0.05, 0.1) is 52.9 Å². The Labute approximate surface area is 485 Å². The number of nitrogens with one attached hydrogen (secondary N) is 2. The highest BCUT2D eigenvalue weighted by molar-refractivity contribution is 6.01. The van der Waals surface area contributed by atoms with E-state index in [2.05, 4.69) is 58.4 Å². The number of H-pyrrole nitrogens is 2. The number of fused-ring (bicyclic) bond motifs is 20. The van der Waals surface area contributed by atoms with Crippen molar-refractivity contribution in [2.45, 2.75) is 145 Å². The molecular weight excluding hydrogens is 1080 g/mol. The minimum Gasteiger partial charge on any atom is -0.474 e. The van der Waals surface area contributed by atoms with Gasteiger partial charge >= 0.3 is 0 Å². The number of nitrogens with zero attached hydrogens (tertiary/aromatic N) is 14. The van der Waals surface area contributed by atoms with Crippen molar-refractivity contribution in [3.8, 4) is 98.9 Å². The first kappa shape index (κ1) is 58.5. The predicted octanol–water partition coefficient (Wildman–Crippen LogP) is 11.6. The third-order valence-electron chi connectivity index (χ3n) is 13.3. The summed E-state index contributed by atoms with van der Waals surface area (Å²) < 4.78 is 50.6. The van der Waals surface area contributed by atoms with E-state index in [-0.39, 0.29) is 144 Å². The van der Waals surface area contributed by atoms with Crippen LogP contribution in [0.1, 0.15) is 144 Å². The van der Waals surface area contributed by atoms with E-state index in [0.717, 1.165) is 89.9 Å². The first-order chi connectivity index (χ1) is 41.3. The van der Waals surface area contributed by atoms with Crippen LogP contribution in [-0.4, -0.2) is 131 Å². The van der Waals surface area contributed by atoms with Gasteiger partial charge in [0.15, 0.2) is 45.9 Å². The predicted molar refractivity (Wildman–Crippen MR) is 314 cm³/mol. The summed E-state index contributed by atoms with van der Waals surface area (Å²) in [5, 5.41) is 9.83. The van der Waals surface area contributed by atoms with Gasteiger partial charge < -0.3 is 53.0 Å². The molecule has 25 nitrogen and oxygen atoms in total. The molecule has 8 bridgehead atoms. The van der Waals surface area contributed by atoms with Crippen LogP contribution >= 0.6 is 0 Å². The second kappa shape index (κ2) is 28.0. The fourth-order valence-electron chi connectivity index (χ4n) is 8.53. The molecule has 0 fully saturated rings. The van der Waals surface area contributed by atoms with Gasteiger partial charge in [-0.1, -0.05) is 106 Å². The van der Waals surface area contributed by atoms with Crippen molar-refractivity contribution >= 4 is 44.7 Å². The molecule has 0 amide bonds. The molecule has 0 aliphatic carbocycles. The van der Waals surface area contributed by atoms with Gasteiger partial charge in [-0.3, -0.25) is 0 Å². The summed E-state index contributed by atoms with van der Waals surface area (Å²) in [5.74, 6) is 1.99. The van der Waals surface area contributed by atoms with E-state index in [9.17, 15) is 5.11 Å². The summed E-state index contributed by atoms with van der Waals surface area (Å²) in [5.41, 5.74) is 3.38. The van der Waals surface area contributed by atoms with Crippen LogP contribution < -0.4 is 37.9 Å². The number of aliphatic hydroxyl groups is 1. The van der Waals surface area contributed by atoms with Gasteiger partial charge in [0.1, 0.15) is 50.6 Å². The van der Waals surface area contributed by atoms with Gasteiger partial charge in [0.2, 0.25) is 0 Å². The lowest BCUT2D eigenvalue weighted by Gasteiger charge is -2.12. The lowest BCUT2D eigenvalue weighted by molar-refractivity contribution is 0.246. The van der Waals surface area contributed by atoms with Crippen molar-refractivity contribution in [2.24, 2.45) is 0 Å². The average molecular weight is 1150 g/mol. The van der Waals surface area contributed by atoms with E-state index in [1.807, 2.05) is 0 Å². The summed E-state index contributed by atoms with van der Waals surface area (Å²) in [6, 6.07) is 6.97. The monoisotopic (exact) mass is 1150 g/mol. The summed E-state index contributed by atoms with van der Waals surface area (Å²) in [7, 11) is 0. The molecule has 442 valence electrons. The van der Waals surface area contributed by atoms with Gasteiger partial charge in [-0.25, -0.2) is 69.8 Å². The molecule has 0 radical (unpaired) electrons. The Bertz CT molecular complexity index is 3730. The Hall–Kier alpha value is -8.74. The van der Waals surface area contributed by atoms with Crippen molar-refractivity contribution < 1.29 is 43.0 Å². The van der Waals surface area contributed by atoms with E-state index in [1.54, 1.807) is 24.3 Å². The SMILES string of the molecule is CCCCOc1nc2c(nc1OCCCC)-c1nc-2nc2[nH]c(nc3nc(nc4[nH]c(n1)c1nc(OCCCC)c(Oc5ccc(CO)cc5)nc41)-c1nc(OCCCC)c(OCCCC)nc1-3)c1nc(OCCCC)c(OCCCC)nc21. The van der Waals surface area contributed by atoms with Gasteiger partial charge in [0, 0.05) is 0 Å². The smallest absolute Gasteiger partial charge is 0.284 e. The Morgan fingerprint density at radius 1 is 0.310 bits per heavy atom. The molecule has 84 heavy (non-hydrogen) atoms. The topological polar surface area (TPSA) is 306 Å². The molecule has 2 aliphatic rings. The zero-order chi connectivity index (χ0) is 58.4. The summed E-state index contributed by atoms with van der Waals surface area (Å²) in [6.07, 6.45) is 11.5. The maximum atomic E-state index is 9.83. The number of aromatic nitrogens is 16. The summed E-state index contributed by atoms with van der Waals surface area (Å²) in [6.45, 7) is 16.9. The number of unbranched alkanes of at least 4 members (excludes halogenated alkanes) is 7. The second-order valence-electron chi connectivity index (χ2n) is 20.1. The third-order valence-corrected chi connectivity index (χ3v) is 13.3. The number of benzene rings is 1. The lowest BCUT2D eigenvalue weighted by Crippen LogP contribution is -2.07. The minimum atomic E-state index is -0.141. The average Bonchev–Trinajstić information content (AvgIpc) is 3.37. The minimum absolute atomic E-state index is 0.0418. The zero-order valence-corrected chi connectivity index (χ0v) is 48.8. The van der Waals surface area contributed by atoms with Gasteiger partial charge in [-0.2, -0.15) is 0 Å². The highest BCUT2D eigenvalue weighted by Crippen LogP contribution is 2.41. The molecule has 2 aliphatic heterocycles. The second-order valence-corrected chi connectivity index (χ2v) is 20.1. The van der Waals surface area contributed by atoms with Gasteiger partial charge in [-0.15, -0.1) is 0 Å². The molecule has 10 rings (SSSR count). The normalized spacial score (nSPS) is 11.7. The molecule has 9 heterocycles. The van der Waals surface area contributed by atoms with Crippen molar-refractivity contribution in [3.63, 3.8) is 0 Å². The Morgan fingerprint density at radius 2 is 0.560 bits per heavy atom. The molecule has 3 N–H and O–H groups in total. The molecular formula is C59H72N16O9. The summed E-state index contributed by atoms with van der Waals surface area (Å²) >= 11 is 0. The maximum absolute atomic E-state index is 9.83. The van der Waals surface area contributed by atoms with Crippen molar-refractivity contribution in [2.75, 3.05) is 46.2 Å².